The molecule has 1 N–H and O–H groups in total. The molecule has 1 atom stereocenters. The SMILES string of the molecule is COc1cc(C)c(S(=O)(=O)N2CCC[C@H](C(=O)Nc3nccs3)C2)c(C)c1. The number of rotatable bonds is 5. The fourth-order valence-electron chi connectivity index (χ4n) is 3.43. The van der Waals surface area contributed by atoms with E-state index in [4.69, 9.17) is 4.74 Å². The number of aryl methyl sites for hydroxylation is 2. The van der Waals surface area contributed by atoms with Crippen molar-refractivity contribution in [1.29, 1.82) is 0 Å². The number of hydrogen-bond acceptors (Lipinski definition) is 6. The number of nitrogens with zero attached hydrogens (tertiary/aromatic N) is 2. The standard InChI is InChI=1S/C18H23N3O4S2/c1-12-9-15(25-3)10-13(2)16(12)27(23,24)21-7-4-5-14(11-21)17(22)20-18-19-6-8-26-18/h6,8-10,14H,4-5,7,11H2,1-3H3,(H,19,20,22)/t14-/m0/s1. The monoisotopic (exact) mass is 409 g/mol. The zero-order valence-electron chi connectivity index (χ0n) is 15.6. The van der Waals surface area contributed by atoms with E-state index in [0.717, 1.165) is 0 Å². The van der Waals surface area contributed by atoms with Crippen molar-refractivity contribution >= 4 is 32.4 Å². The Hall–Kier alpha value is -1.97. The Kier molecular flexibility index (Phi) is 5.83. The van der Waals surface area contributed by atoms with Crippen LogP contribution in [0, 0.1) is 19.8 Å². The van der Waals surface area contributed by atoms with E-state index in [-0.39, 0.29) is 12.5 Å². The number of amides is 1. The second-order valence-corrected chi connectivity index (χ2v) is 9.39. The van der Waals surface area contributed by atoms with Crippen LogP contribution in [-0.4, -0.2) is 43.8 Å². The average Bonchev–Trinajstić information content (AvgIpc) is 3.14. The summed E-state index contributed by atoms with van der Waals surface area (Å²) in [6, 6.07) is 3.44. The highest BCUT2D eigenvalue weighted by Gasteiger charge is 2.35. The van der Waals surface area contributed by atoms with Crippen LogP contribution in [0.3, 0.4) is 0 Å². The second kappa shape index (κ2) is 7.95. The van der Waals surface area contributed by atoms with E-state index in [0.29, 0.717) is 46.3 Å². The van der Waals surface area contributed by atoms with Crippen LogP contribution in [0.1, 0.15) is 24.0 Å². The van der Waals surface area contributed by atoms with Crippen molar-refractivity contribution in [2.75, 3.05) is 25.5 Å². The Balaban J connectivity index is 1.82. The number of hydrogen-bond donors (Lipinski definition) is 1. The van der Waals surface area contributed by atoms with Gasteiger partial charge in [0.1, 0.15) is 5.75 Å². The van der Waals surface area contributed by atoms with Gasteiger partial charge in [-0.3, -0.25) is 4.79 Å². The molecule has 27 heavy (non-hydrogen) atoms. The van der Waals surface area contributed by atoms with Crippen LogP contribution >= 0.6 is 11.3 Å². The molecular weight excluding hydrogens is 386 g/mol. The van der Waals surface area contributed by atoms with E-state index < -0.39 is 15.9 Å². The first-order chi connectivity index (χ1) is 12.8. The van der Waals surface area contributed by atoms with Gasteiger partial charge in [-0.15, -0.1) is 11.3 Å². The Labute approximate surface area is 163 Å². The van der Waals surface area contributed by atoms with Crippen LogP contribution in [-0.2, 0) is 14.8 Å². The van der Waals surface area contributed by atoms with E-state index >= 15 is 0 Å². The van der Waals surface area contributed by atoms with Crippen molar-refractivity contribution in [1.82, 2.24) is 9.29 Å². The summed E-state index contributed by atoms with van der Waals surface area (Å²) in [6.45, 7) is 4.11. The van der Waals surface area contributed by atoms with Gasteiger partial charge in [-0.05, 0) is 49.9 Å². The molecule has 1 aromatic heterocycles. The maximum atomic E-state index is 13.3. The van der Waals surface area contributed by atoms with E-state index in [2.05, 4.69) is 10.3 Å². The van der Waals surface area contributed by atoms with Gasteiger partial charge in [0.05, 0.1) is 17.9 Å². The van der Waals surface area contributed by atoms with Gasteiger partial charge in [-0.25, -0.2) is 13.4 Å². The Morgan fingerprint density at radius 2 is 2.04 bits per heavy atom. The third-order valence-corrected chi connectivity index (χ3v) is 7.54. The molecule has 0 radical (unpaired) electrons. The molecule has 1 fully saturated rings. The molecule has 146 valence electrons. The number of aromatic nitrogens is 1. The second-order valence-electron chi connectivity index (χ2n) is 6.62. The lowest BCUT2D eigenvalue weighted by Gasteiger charge is -2.32. The van der Waals surface area contributed by atoms with E-state index in [1.54, 1.807) is 44.7 Å². The Morgan fingerprint density at radius 1 is 1.33 bits per heavy atom. The van der Waals surface area contributed by atoms with E-state index in [1.165, 1.54) is 15.6 Å². The lowest BCUT2D eigenvalue weighted by Crippen LogP contribution is -2.44. The normalized spacial score (nSPS) is 18.3. The van der Waals surface area contributed by atoms with Gasteiger partial charge in [-0.2, -0.15) is 4.31 Å². The summed E-state index contributed by atoms with van der Waals surface area (Å²) < 4.78 is 33.2. The molecule has 0 spiro atoms. The maximum Gasteiger partial charge on any atom is 0.243 e. The minimum absolute atomic E-state index is 0.171. The molecule has 2 heterocycles. The van der Waals surface area contributed by atoms with Gasteiger partial charge in [0.2, 0.25) is 15.9 Å². The predicted molar refractivity (Wildman–Crippen MR) is 105 cm³/mol. The first-order valence-corrected chi connectivity index (χ1v) is 11.0. The van der Waals surface area contributed by atoms with Crippen molar-refractivity contribution < 1.29 is 17.9 Å². The van der Waals surface area contributed by atoms with Crippen LogP contribution in [0.15, 0.2) is 28.6 Å². The smallest absolute Gasteiger partial charge is 0.243 e. The lowest BCUT2D eigenvalue weighted by atomic mass is 9.99. The summed E-state index contributed by atoms with van der Waals surface area (Å²) in [4.78, 5) is 16.9. The first kappa shape index (κ1) is 19.8. The number of anilines is 1. The molecule has 9 heteroatoms. The molecule has 1 aliphatic heterocycles. The quantitative estimate of drug-likeness (QED) is 0.820. The summed E-state index contributed by atoms with van der Waals surface area (Å²) in [6.07, 6.45) is 2.92. The van der Waals surface area contributed by atoms with Crippen molar-refractivity contribution in [2.24, 2.45) is 5.92 Å². The fraction of sp³-hybridized carbons (Fsp3) is 0.444. The third kappa shape index (κ3) is 4.15. The topological polar surface area (TPSA) is 88.6 Å². The molecule has 1 saturated heterocycles. The third-order valence-electron chi connectivity index (χ3n) is 4.68. The molecule has 7 nitrogen and oxygen atoms in total. The van der Waals surface area contributed by atoms with Gasteiger partial charge < -0.3 is 10.1 Å². The van der Waals surface area contributed by atoms with Gasteiger partial charge in [0.25, 0.3) is 0 Å². The molecule has 1 aromatic carbocycles. The van der Waals surface area contributed by atoms with E-state index in [1.807, 2.05) is 0 Å². The summed E-state index contributed by atoms with van der Waals surface area (Å²) >= 11 is 1.34. The number of sulfonamides is 1. The number of carbonyl (C=O) groups is 1. The number of methoxy groups -OCH3 is 1. The zero-order valence-corrected chi connectivity index (χ0v) is 17.2. The van der Waals surface area contributed by atoms with Crippen molar-refractivity contribution in [2.45, 2.75) is 31.6 Å². The molecule has 0 unspecified atom stereocenters. The number of ether oxygens (including phenoxy) is 1. The van der Waals surface area contributed by atoms with Crippen molar-refractivity contribution in [3.63, 3.8) is 0 Å². The highest BCUT2D eigenvalue weighted by molar-refractivity contribution is 7.89. The largest absolute Gasteiger partial charge is 0.497 e. The molecule has 1 aliphatic rings. The predicted octanol–water partition coefficient (Wildman–Crippen LogP) is 2.81. The van der Waals surface area contributed by atoms with Crippen LogP contribution < -0.4 is 10.1 Å². The van der Waals surface area contributed by atoms with Gasteiger partial charge >= 0.3 is 0 Å². The fourth-order valence-corrected chi connectivity index (χ4v) is 5.90. The highest BCUT2D eigenvalue weighted by Crippen LogP contribution is 2.31. The zero-order chi connectivity index (χ0) is 19.6. The summed E-state index contributed by atoms with van der Waals surface area (Å²) in [5.41, 5.74) is 1.28. The minimum Gasteiger partial charge on any atom is -0.497 e. The average molecular weight is 410 g/mol. The van der Waals surface area contributed by atoms with E-state index in [9.17, 15) is 13.2 Å². The molecule has 3 rings (SSSR count). The van der Waals surface area contributed by atoms with Crippen LogP contribution in [0.2, 0.25) is 0 Å². The number of carbonyl (C=O) groups excluding carboxylic acids is 1. The van der Waals surface area contributed by atoms with Gasteiger partial charge in [0, 0.05) is 24.7 Å². The van der Waals surface area contributed by atoms with Crippen LogP contribution in [0.25, 0.3) is 0 Å². The van der Waals surface area contributed by atoms with Crippen LogP contribution in [0.4, 0.5) is 5.13 Å². The van der Waals surface area contributed by atoms with Crippen LogP contribution in [0.5, 0.6) is 5.75 Å². The Morgan fingerprint density at radius 3 is 2.63 bits per heavy atom. The van der Waals surface area contributed by atoms with Gasteiger partial charge in [0.15, 0.2) is 5.13 Å². The lowest BCUT2D eigenvalue weighted by molar-refractivity contribution is -0.120. The highest BCUT2D eigenvalue weighted by atomic mass is 32.2. The minimum atomic E-state index is -3.69. The van der Waals surface area contributed by atoms with Gasteiger partial charge in [-0.1, -0.05) is 0 Å². The number of benzene rings is 1. The number of piperidine rings is 1. The van der Waals surface area contributed by atoms with Crippen molar-refractivity contribution in [3.05, 3.63) is 34.8 Å². The first-order valence-electron chi connectivity index (χ1n) is 8.68. The number of thiazole rings is 1. The van der Waals surface area contributed by atoms with Crippen molar-refractivity contribution in [3.8, 4) is 5.75 Å². The molecule has 2 aromatic rings. The molecular formula is C18H23N3O4S2. The molecule has 0 aliphatic carbocycles. The number of nitrogens with one attached hydrogen (secondary N) is 1. The maximum absolute atomic E-state index is 13.3. The molecule has 0 bridgehead atoms. The Bertz CT molecular complexity index is 903. The summed E-state index contributed by atoms with van der Waals surface area (Å²) in [5, 5.41) is 5.08. The summed E-state index contributed by atoms with van der Waals surface area (Å²) in [7, 11) is -2.14. The molecule has 1 amide bonds. The summed E-state index contributed by atoms with van der Waals surface area (Å²) in [5.74, 6) is 0.0487. The molecule has 0 saturated carbocycles.